The Hall–Kier alpha value is -2.65. The number of furan rings is 1. The van der Waals surface area contributed by atoms with Gasteiger partial charge in [-0.15, -0.1) is 11.3 Å². The molecule has 0 amide bonds. The summed E-state index contributed by atoms with van der Waals surface area (Å²) in [6.07, 6.45) is 1.94. The monoisotopic (exact) mass is 343 g/mol. The van der Waals surface area contributed by atoms with Gasteiger partial charge < -0.3 is 4.42 Å². The summed E-state index contributed by atoms with van der Waals surface area (Å²) in [5.74, 6) is 0. The van der Waals surface area contributed by atoms with Gasteiger partial charge in [0.1, 0.15) is 5.58 Å². The van der Waals surface area contributed by atoms with Crippen molar-refractivity contribution in [3.05, 3.63) is 64.7 Å². The van der Waals surface area contributed by atoms with Crippen LogP contribution < -0.4 is 0 Å². The van der Waals surface area contributed by atoms with E-state index in [2.05, 4.69) is 68.2 Å². The predicted molar refractivity (Wildman–Crippen MR) is 107 cm³/mol. The van der Waals surface area contributed by atoms with Crippen molar-refractivity contribution in [1.82, 2.24) is 4.98 Å². The minimum atomic E-state index is 0.923. The first-order chi connectivity index (χ1) is 12.1. The molecule has 0 radical (unpaired) electrons. The summed E-state index contributed by atoms with van der Waals surface area (Å²) < 4.78 is 7.63. The fraction of sp³-hybridized carbons (Fsp3) is 0.136. The average molecular weight is 343 g/mol. The molecule has 122 valence electrons. The standard InChI is InChI=1S/C22H17NOS/c1-12-9-19(23-11-13(12)2)18-6-4-5-16-17-8-7-15-10-14(3)25-22(15)21(17)24-20(16)18/h4-11H,1-3H3. The second-order valence-corrected chi connectivity index (χ2v) is 7.91. The molecule has 2 aromatic carbocycles. The summed E-state index contributed by atoms with van der Waals surface area (Å²) in [5.41, 5.74) is 6.38. The van der Waals surface area contributed by atoms with Crippen LogP contribution >= 0.6 is 11.3 Å². The second kappa shape index (κ2) is 5.17. The van der Waals surface area contributed by atoms with E-state index in [0.29, 0.717) is 0 Å². The zero-order chi connectivity index (χ0) is 17.1. The number of hydrogen-bond donors (Lipinski definition) is 0. The van der Waals surface area contributed by atoms with Crippen LogP contribution in [-0.2, 0) is 0 Å². The minimum absolute atomic E-state index is 0.923. The largest absolute Gasteiger partial charge is 0.454 e. The lowest BCUT2D eigenvalue weighted by molar-refractivity contribution is 0.674. The Morgan fingerprint density at radius 3 is 2.56 bits per heavy atom. The molecule has 0 bridgehead atoms. The van der Waals surface area contributed by atoms with Gasteiger partial charge in [0.25, 0.3) is 0 Å². The third-order valence-corrected chi connectivity index (χ3v) is 5.99. The zero-order valence-electron chi connectivity index (χ0n) is 14.4. The van der Waals surface area contributed by atoms with Gasteiger partial charge in [0.05, 0.1) is 10.4 Å². The number of hydrogen-bond acceptors (Lipinski definition) is 3. The van der Waals surface area contributed by atoms with Crippen LogP contribution in [-0.4, -0.2) is 4.98 Å². The molecular weight excluding hydrogens is 326 g/mol. The summed E-state index contributed by atoms with van der Waals surface area (Å²) >= 11 is 1.79. The quantitative estimate of drug-likeness (QED) is 0.335. The lowest BCUT2D eigenvalue weighted by Gasteiger charge is -2.05. The highest BCUT2D eigenvalue weighted by atomic mass is 32.1. The summed E-state index contributed by atoms with van der Waals surface area (Å²) in [6.45, 7) is 6.35. The van der Waals surface area contributed by atoms with Crippen molar-refractivity contribution in [2.75, 3.05) is 0 Å². The lowest BCUT2D eigenvalue weighted by atomic mass is 10.0. The Labute approximate surface area is 149 Å². The minimum Gasteiger partial charge on any atom is -0.454 e. The number of fused-ring (bicyclic) bond motifs is 5. The van der Waals surface area contributed by atoms with Gasteiger partial charge in [-0.25, -0.2) is 0 Å². The van der Waals surface area contributed by atoms with Crippen LogP contribution in [0.2, 0.25) is 0 Å². The third kappa shape index (κ3) is 2.12. The third-order valence-electron chi connectivity index (χ3n) is 4.92. The van der Waals surface area contributed by atoms with Crippen LogP contribution in [0.4, 0.5) is 0 Å². The molecule has 0 N–H and O–H groups in total. The van der Waals surface area contributed by atoms with Crippen LogP contribution in [0.5, 0.6) is 0 Å². The normalized spacial score (nSPS) is 11.8. The molecule has 0 saturated carbocycles. The van der Waals surface area contributed by atoms with Gasteiger partial charge in [-0.2, -0.15) is 0 Å². The maximum atomic E-state index is 6.41. The van der Waals surface area contributed by atoms with Crippen molar-refractivity contribution in [2.45, 2.75) is 20.8 Å². The molecule has 5 rings (SSSR count). The van der Waals surface area contributed by atoms with Crippen molar-refractivity contribution in [1.29, 1.82) is 0 Å². The predicted octanol–water partition coefficient (Wildman–Crippen LogP) is 6.79. The molecule has 2 nitrogen and oxygen atoms in total. The molecule has 0 fully saturated rings. The molecule has 5 aromatic rings. The van der Waals surface area contributed by atoms with Gasteiger partial charge in [0, 0.05) is 27.4 Å². The topological polar surface area (TPSA) is 26.0 Å². The molecular formula is C22H17NOS. The number of nitrogens with zero attached hydrogens (tertiary/aromatic N) is 1. The number of aryl methyl sites for hydroxylation is 3. The van der Waals surface area contributed by atoms with Crippen LogP contribution in [0.1, 0.15) is 16.0 Å². The highest BCUT2D eigenvalue weighted by Gasteiger charge is 2.16. The maximum absolute atomic E-state index is 6.41. The summed E-state index contributed by atoms with van der Waals surface area (Å²) in [7, 11) is 0. The van der Waals surface area contributed by atoms with Crippen molar-refractivity contribution >= 4 is 43.4 Å². The summed E-state index contributed by atoms with van der Waals surface area (Å²) in [6, 6.07) is 15.1. The summed E-state index contributed by atoms with van der Waals surface area (Å²) in [5, 5.41) is 3.58. The number of benzene rings is 2. The first-order valence-corrected chi connectivity index (χ1v) is 9.21. The van der Waals surface area contributed by atoms with Gasteiger partial charge >= 0.3 is 0 Å². The SMILES string of the molecule is Cc1cc2ccc3c4cccc(-c5cc(C)c(C)cn5)c4oc3c2s1. The zero-order valence-corrected chi connectivity index (χ0v) is 15.2. The molecule has 3 aromatic heterocycles. The van der Waals surface area contributed by atoms with Crippen LogP contribution in [0.25, 0.3) is 43.3 Å². The number of aromatic nitrogens is 1. The Morgan fingerprint density at radius 2 is 1.72 bits per heavy atom. The Kier molecular flexibility index (Phi) is 3.03. The van der Waals surface area contributed by atoms with Crippen molar-refractivity contribution in [2.24, 2.45) is 0 Å². The van der Waals surface area contributed by atoms with Crippen LogP contribution in [0, 0.1) is 20.8 Å². The number of thiophene rings is 1. The fourth-order valence-corrected chi connectivity index (χ4v) is 4.45. The molecule has 0 aliphatic heterocycles. The van der Waals surface area contributed by atoms with E-state index >= 15 is 0 Å². The molecule has 3 heteroatoms. The van der Waals surface area contributed by atoms with E-state index in [1.54, 1.807) is 11.3 Å². The molecule has 25 heavy (non-hydrogen) atoms. The van der Waals surface area contributed by atoms with Crippen molar-refractivity contribution in [3.8, 4) is 11.3 Å². The van der Waals surface area contributed by atoms with E-state index in [1.165, 1.54) is 31.5 Å². The molecule has 0 unspecified atom stereocenters. The van der Waals surface area contributed by atoms with Gasteiger partial charge in [-0.3, -0.25) is 4.98 Å². The molecule has 0 spiro atoms. The van der Waals surface area contributed by atoms with E-state index < -0.39 is 0 Å². The molecule has 0 saturated heterocycles. The van der Waals surface area contributed by atoms with Gasteiger partial charge in [0.15, 0.2) is 5.58 Å². The summed E-state index contributed by atoms with van der Waals surface area (Å²) in [4.78, 5) is 5.94. The Morgan fingerprint density at radius 1 is 0.880 bits per heavy atom. The van der Waals surface area contributed by atoms with E-state index in [9.17, 15) is 0 Å². The average Bonchev–Trinajstić information content (AvgIpc) is 3.16. The molecule has 3 heterocycles. The second-order valence-electron chi connectivity index (χ2n) is 6.66. The number of pyridine rings is 1. The van der Waals surface area contributed by atoms with Crippen molar-refractivity contribution < 1.29 is 4.42 Å². The Bertz CT molecular complexity index is 1280. The lowest BCUT2D eigenvalue weighted by Crippen LogP contribution is -1.88. The Balaban J connectivity index is 1.88. The first-order valence-electron chi connectivity index (χ1n) is 8.40. The van der Waals surface area contributed by atoms with E-state index in [-0.39, 0.29) is 0 Å². The van der Waals surface area contributed by atoms with Crippen molar-refractivity contribution in [3.63, 3.8) is 0 Å². The molecule has 0 atom stereocenters. The maximum Gasteiger partial charge on any atom is 0.153 e. The van der Waals surface area contributed by atoms with E-state index in [0.717, 1.165) is 27.8 Å². The van der Waals surface area contributed by atoms with E-state index in [1.807, 2.05) is 6.20 Å². The van der Waals surface area contributed by atoms with Gasteiger partial charge in [0.2, 0.25) is 0 Å². The van der Waals surface area contributed by atoms with Crippen LogP contribution in [0.15, 0.2) is 53.1 Å². The highest BCUT2D eigenvalue weighted by Crippen LogP contribution is 2.40. The fourth-order valence-electron chi connectivity index (χ4n) is 3.45. The molecule has 0 aliphatic rings. The smallest absolute Gasteiger partial charge is 0.153 e. The van der Waals surface area contributed by atoms with Crippen LogP contribution in [0.3, 0.4) is 0 Å². The van der Waals surface area contributed by atoms with E-state index in [4.69, 9.17) is 4.42 Å². The van der Waals surface area contributed by atoms with Gasteiger partial charge in [-0.05, 0) is 61.5 Å². The number of para-hydroxylation sites is 1. The molecule has 0 aliphatic carbocycles. The van der Waals surface area contributed by atoms with Gasteiger partial charge in [-0.1, -0.05) is 18.2 Å². The number of rotatable bonds is 1. The first kappa shape index (κ1) is 14.7. The highest BCUT2D eigenvalue weighted by molar-refractivity contribution is 7.19.